The standard InChI is InChI=1S/C15H14N.C7H8N.CH3.Al/c1-12-7-3-5-9-14(12)11-16-15-10-6-4-8-13(15)2;1-6-3-2-4-7(8)5-6;;/h3-11H,1H2,2H3;2-5,8H,1H3;1H3;/q;-1;;+1. The Bertz CT molecular complexity index is 902. The highest BCUT2D eigenvalue weighted by molar-refractivity contribution is 6.60. The van der Waals surface area contributed by atoms with Crippen molar-refractivity contribution in [3.05, 3.63) is 95.1 Å². The second-order valence-electron chi connectivity index (χ2n) is 6.86. The van der Waals surface area contributed by atoms with Crippen LogP contribution in [0.15, 0.2) is 77.8 Å². The molecule has 130 valence electrons. The predicted molar refractivity (Wildman–Crippen MR) is 115 cm³/mol. The van der Waals surface area contributed by atoms with E-state index in [0.717, 1.165) is 11.0 Å². The molecule has 0 bridgehead atoms. The van der Waals surface area contributed by atoms with Crippen LogP contribution < -0.4 is 4.30 Å². The zero-order valence-electron chi connectivity index (χ0n) is 15.7. The molecule has 3 heteroatoms. The number of aliphatic imine (C=N–C) groups is 1. The highest BCUT2D eigenvalue weighted by atomic mass is 27.2. The number of benzene rings is 3. The van der Waals surface area contributed by atoms with Gasteiger partial charge in [0.2, 0.25) is 0 Å². The number of nitrogens with zero attached hydrogens (tertiary/aromatic N) is 1. The van der Waals surface area contributed by atoms with Gasteiger partial charge in [-0.3, -0.25) is 4.99 Å². The predicted octanol–water partition coefficient (Wildman–Crippen LogP) is 5.87. The fourth-order valence-corrected chi connectivity index (χ4v) is 4.98. The van der Waals surface area contributed by atoms with Crippen LogP contribution >= 0.6 is 0 Å². The Balaban J connectivity index is 1.73. The number of para-hydroxylation sites is 1. The Kier molecular flexibility index (Phi) is 6.28. The van der Waals surface area contributed by atoms with Gasteiger partial charge in [0.05, 0.1) is 5.69 Å². The average molecular weight is 356 g/mol. The van der Waals surface area contributed by atoms with Crippen molar-refractivity contribution in [1.82, 2.24) is 0 Å². The van der Waals surface area contributed by atoms with Gasteiger partial charge in [-0.2, -0.15) is 0 Å². The number of rotatable bonds is 6. The van der Waals surface area contributed by atoms with E-state index in [1.807, 2.05) is 18.3 Å². The van der Waals surface area contributed by atoms with Crippen LogP contribution in [0.5, 0.6) is 0 Å². The Hall–Kier alpha value is -2.34. The minimum absolute atomic E-state index is 1.03. The topological polar surface area (TPSA) is 24.4 Å². The van der Waals surface area contributed by atoms with Crippen LogP contribution in [0.3, 0.4) is 0 Å². The van der Waals surface area contributed by atoms with E-state index in [4.69, 9.17) is 4.99 Å². The molecular weight excluding hydrogens is 331 g/mol. The third kappa shape index (κ3) is 5.08. The highest BCUT2D eigenvalue weighted by Crippen LogP contribution is 2.18. The lowest BCUT2D eigenvalue weighted by Gasteiger charge is -2.13. The maximum Gasteiger partial charge on any atom is 0.412 e. The van der Waals surface area contributed by atoms with Crippen molar-refractivity contribution in [3.8, 4) is 0 Å². The van der Waals surface area contributed by atoms with E-state index in [2.05, 4.69) is 84.6 Å². The van der Waals surface area contributed by atoms with Crippen molar-refractivity contribution < 1.29 is 0 Å². The summed E-state index contributed by atoms with van der Waals surface area (Å²) in [4.78, 5) is 4.71. The van der Waals surface area contributed by atoms with E-state index in [9.17, 15) is 0 Å². The molecule has 3 rings (SSSR count). The summed E-state index contributed by atoms with van der Waals surface area (Å²) in [7, 11) is 0. The van der Waals surface area contributed by atoms with E-state index < -0.39 is 14.4 Å². The first kappa shape index (κ1) is 18.5. The van der Waals surface area contributed by atoms with Crippen molar-refractivity contribution in [2.45, 2.75) is 24.9 Å². The maximum absolute atomic E-state index is 4.71. The van der Waals surface area contributed by atoms with Gasteiger partial charge in [0.15, 0.2) is 0 Å². The summed E-state index contributed by atoms with van der Waals surface area (Å²) in [6.07, 6.45) is 2.01. The minimum Gasteiger partial charge on any atom is -0.476 e. The SMILES string of the molecule is Cc1cccc([NH][Al]([CH3])[CH2]c2ccccc2C=Nc2ccccc2C)c1. The molecular formula is C23H25AlN2. The first-order chi connectivity index (χ1) is 12.6. The summed E-state index contributed by atoms with van der Waals surface area (Å²) >= 11 is -1.12. The van der Waals surface area contributed by atoms with Crippen LogP contribution in [0, 0.1) is 13.8 Å². The molecule has 0 saturated carbocycles. The van der Waals surface area contributed by atoms with E-state index in [-0.39, 0.29) is 0 Å². The molecule has 26 heavy (non-hydrogen) atoms. The lowest BCUT2D eigenvalue weighted by molar-refractivity contribution is 1.33. The molecule has 0 unspecified atom stereocenters. The van der Waals surface area contributed by atoms with Crippen molar-refractivity contribution in [2.75, 3.05) is 4.30 Å². The zero-order chi connectivity index (χ0) is 18.4. The first-order valence-electron chi connectivity index (χ1n) is 9.12. The summed E-state index contributed by atoms with van der Waals surface area (Å²) in [6.45, 7) is 4.23. The largest absolute Gasteiger partial charge is 0.476 e. The fraction of sp³-hybridized carbons (Fsp3) is 0.174. The molecule has 0 atom stereocenters. The van der Waals surface area contributed by atoms with E-state index in [0.29, 0.717) is 0 Å². The Morgan fingerprint density at radius 1 is 0.923 bits per heavy atom. The van der Waals surface area contributed by atoms with Gasteiger partial charge < -0.3 is 4.30 Å². The second-order valence-corrected chi connectivity index (χ2v) is 9.36. The first-order valence-corrected chi connectivity index (χ1v) is 11.7. The summed E-state index contributed by atoms with van der Waals surface area (Å²) in [5.41, 5.74) is 7.33. The molecule has 0 spiro atoms. The van der Waals surface area contributed by atoms with Crippen LogP contribution in [-0.2, 0) is 5.28 Å². The van der Waals surface area contributed by atoms with Gasteiger partial charge in [-0.25, -0.2) is 0 Å². The van der Waals surface area contributed by atoms with Gasteiger partial charge in [0.1, 0.15) is 0 Å². The smallest absolute Gasteiger partial charge is 0.412 e. The molecule has 1 N–H and O–H groups in total. The number of anilines is 1. The third-order valence-corrected chi connectivity index (χ3v) is 6.35. The normalized spacial score (nSPS) is 10.9. The van der Waals surface area contributed by atoms with Crippen LogP contribution in [0.1, 0.15) is 22.3 Å². The van der Waals surface area contributed by atoms with Gasteiger partial charge in [-0.1, -0.05) is 65.9 Å². The zero-order valence-corrected chi connectivity index (χ0v) is 16.9. The fourth-order valence-electron chi connectivity index (χ4n) is 3.09. The quantitative estimate of drug-likeness (QED) is 0.433. The molecule has 2 nitrogen and oxygen atoms in total. The van der Waals surface area contributed by atoms with Gasteiger partial charge in [-0.05, 0) is 54.0 Å². The van der Waals surface area contributed by atoms with Gasteiger partial charge in [0, 0.05) is 11.9 Å². The van der Waals surface area contributed by atoms with Crippen molar-refractivity contribution in [2.24, 2.45) is 4.99 Å². The molecule has 0 aromatic heterocycles. The molecule has 0 saturated heterocycles. The summed E-state index contributed by atoms with van der Waals surface area (Å²) in [5.74, 6) is 2.36. The van der Waals surface area contributed by atoms with Gasteiger partial charge in [-0.15, -0.1) is 0 Å². The Labute approximate surface area is 161 Å². The molecule has 0 amide bonds. The van der Waals surface area contributed by atoms with E-state index in [1.165, 1.54) is 27.9 Å². The van der Waals surface area contributed by atoms with Crippen LogP contribution in [0.4, 0.5) is 11.4 Å². The molecule has 0 heterocycles. The summed E-state index contributed by atoms with van der Waals surface area (Å²) in [6, 6.07) is 25.4. The molecule has 0 aliphatic rings. The van der Waals surface area contributed by atoms with E-state index >= 15 is 0 Å². The summed E-state index contributed by atoms with van der Waals surface area (Å²) < 4.78 is 3.74. The van der Waals surface area contributed by atoms with Crippen LogP contribution in [0.25, 0.3) is 0 Å². The number of hydrogen-bond acceptors (Lipinski definition) is 2. The molecule has 0 aliphatic heterocycles. The molecule has 0 fully saturated rings. The molecule has 0 radical (unpaired) electrons. The van der Waals surface area contributed by atoms with E-state index in [1.54, 1.807) is 0 Å². The van der Waals surface area contributed by atoms with Gasteiger partial charge >= 0.3 is 14.4 Å². The van der Waals surface area contributed by atoms with Crippen molar-refractivity contribution in [3.63, 3.8) is 0 Å². The highest BCUT2D eigenvalue weighted by Gasteiger charge is 2.14. The molecule has 3 aromatic rings. The van der Waals surface area contributed by atoms with Crippen molar-refractivity contribution >= 4 is 32.0 Å². The minimum atomic E-state index is -1.12. The molecule has 0 aliphatic carbocycles. The van der Waals surface area contributed by atoms with Gasteiger partial charge in [0.25, 0.3) is 0 Å². The number of aryl methyl sites for hydroxylation is 2. The molecule has 3 aromatic carbocycles. The van der Waals surface area contributed by atoms with Crippen LogP contribution in [-0.4, -0.2) is 20.6 Å². The maximum atomic E-state index is 4.71. The van der Waals surface area contributed by atoms with Crippen LogP contribution in [0.2, 0.25) is 5.79 Å². The number of nitrogens with one attached hydrogen (secondary N) is 1. The third-order valence-electron chi connectivity index (χ3n) is 4.47. The second kappa shape index (κ2) is 8.85. The average Bonchev–Trinajstić information content (AvgIpc) is 2.62. The lowest BCUT2D eigenvalue weighted by atomic mass is 10.1. The Morgan fingerprint density at radius 2 is 1.69 bits per heavy atom. The van der Waals surface area contributed by atoms with Crippen molar-refractivity contribution in [1.29, 1.82) is 0 Å². The Morgan fingerprint density at radius 3 is 2.50 bits per heavy atom. The monoisotopic (exact) mass is 356 g/mol. The summed E-state index contributed by atoms with van der Waals surface area (Å²) in [5, 5.41) is 1.09. The number of hydrogen-bond donors (Lipinski definition) is 1. The lowest BCUT2D eigenvalue weighted by Crippen LogP contribution is -2.24.